The molecule has 1 aromatic rings. The summed E-state index contributed by atoms with van der Waals surface area (Å²) in [6, 6.07) is 4.38. The first-order valence-corrected chi connectivity index (χ1v) is 3.18. The van der Waals surface area contributed by atoms with Crippen molar-refractivity contribution in [2.24, 2.45) is 0 Å². The molecule has 0 aliphatic heterocycles. The average molecular weight is 167 g/mol. The van der Waals surface area contributed by atoms with E-state index in [2.05, 4.69) is 4.98 Å². The van der Waals surface area contributed by atoms with E-state index >= 15 is 0 Å². The van der Waals surface area contributed by atoms with Crippen LogP contribution in [0.1, 0.15) is 10.5 Å². The highest BCUT2D eigenvalue weighted by Crippen LogP contribution is 2.05. The third-order valence-corrected chi connectivity index (χ3v) is 1.29. The third kappa shape index (κ3) is 1.76. The molecule has 0 bridgehead atoms. The lowest BCUT2D eigenvalue weighted by molar-refractivity contribution is 0.105. The smallest absolute Gasteiger partial charge is 0.275 e. The largest absolute Gasteiger partial charge is 0.280 e. The minimum atomic E-state index is -0.651. The van der Waals surface area contributed by atoms with Gasteiger partial charge >= 0.3 is 0 Å². The summed E-state index contributed by atoms with van der Waals surface area (Å²) in [5.74, 6) is -0.651. The van der Waals surface area contributed by atoms with Crippen LogP contribution in [0, 0.1) is 11.3 Å². The van der Waals surface area contributed by atoms with Crippen LogP contribution in [0.4, 0.5) is 0 Å². The van der Waals surface area contributed by atoms with Gasteiger partial charge in [0, 0.05) is 6.20 Å². The molecule has 0 aliphatic carbocycles. The highest BCUT2D eigenvalue weighted by atomic mass is 35.5. The van der Waals surface area contributed by atoms with Crippen LogP contribution in [-0.2, 0) is 0 Å². The fourth-order valence-electron chi connectivity index (χ4n) is 0.567. The van der Waals surface area contributed by atoms with Crippen LogP contribution in [0.15, 0.2) is 18.3 Å². The van der Waals surface area contributed by atoms with E-state index in [0.717, 1.165) is 0 Å². The first kappa shape index (κ1) is 7.70. The van der Waals surface area contributed by atoms with Crippen LogP contribution in [-0.4, -0.2) is 10.8 Å². The molecular formula is C7H3ClN2O. The van der Waals surface area contributed by atoms with Crippen LogP contribution >= 0.6 is 11.6 Å². The average Bonchev–Trinajstić information content (AvgIpc) is 2.05. The molecule has 1 rings (SSSR count). The molecule has 4 heteroatoms. The van der Waals surface area contributed by atoms with Gasteiger partial charge in [0.15, 0.2) is 0 Å². The SMILES string of the molecule is N#CC(=O)c1ccc(Cl)cn1. The summed E-state index contributed by atoms with van der Waals surface area (Å²) < 4.78 is 0. The Morgan fingerprint density at radius 1 is 1.64 bits per heavy atom. The number of hydrogen-bond acceptors (Lipinski definition) is 3. The highest BCUT2D eigenvalue weighted by Gasteiger charge is 2.03. The summed E-state index contributed by atoms with van der Waals surface area (Å²) in [7, 11) is 0. The molecule has 54 valence electrons. The monoisotopic (exact) mass is 166 g/mol. The van der Waals surface area contributed by atoms with Gasteiger partial charge < -0.3 is 0 Å². The molecule has 0 atom stereocenters. The third-order valence-electron chi connectivity index (χ3n) is 1.06. The standard InChI is InChI=1S/C7H3ClN2O/c8-5-1-2-6(10-4-5)7(11)3-9/h1-2,4H. The van der Waals surface area contributed by atoms with E-state index in [-0.39, 0.29) is 5.69 Å². The van der Waals surface area contributed by atoms with Gasteiger partial charge in [0.25, 0.3) is 5.78 Å². The second kappa shape index (κ2) is 3.13. The Kier molecular flexibility index (Phi) is 2.19. The van der Waals surface area contributed by atoms with E-state index in [1.54, 1.807) is 0 Å². The molecule has 0 amide bonds. The summed E-state index contributed by atoms with van der Waals surface area (Å²) >= 11 is 5.50. The number of aromatic nitrogens is 1. The number of pyridine rings is 1. The number of nitrogens with zero attached hydrogens (tertiary/aromatic N) is 2. The second-order valence-electron chi connectivity index (χ2n) is 1.80. The Labute approximate surface area is 68.2 Å². The molecule has 1 aromatic heterocycles. The van der Waals surface area contributed by atoms with Gasteiger partial charge in [-0.05, 0) is 12.1 Å². The molecule has 0 saturated heterocycles. The lowest BCUT2D eigenvalue weighted by Gasteiger charge is -1.90. The molecule has 0 aliphatic rings. The maximum atomic E-state index is 10.7. The van der Waals surface area contributed by atoms with Gasteiger partial charge in [0.05, 0.1) is 5.02 Å². The number of carbonyl (C=O) groups is 1. The van der Waals surface area contributed by atoms with Crippen molar-refractivity contribution in [1.82, 2.24) is 4.98 Å². The Balaban J connectivity index is 3.01. The zero-order chi connectivity index (χ0) is 8.27. The van der Waals surface area contributed by atoms with Crippen LogP contribution < -0.4 is 0 Å². The second-order valence-corrected chi connectivity index (χ2v) is 2.24. The number of ketones is 1. The molecule has 0 saturated carbocycles. The summed E-state index contributed by atoms with van der Waals surface area (Å²) in [5.41, 5.74) is 0.122. The zero-order valence-corrected chi connectivity index (χ0v) is 6.17. The number of nitriles is 1. The lowest BCUT2D eigenvalue weighted by Crippen LogP contribution is -1.96. The normalized spacial score (nSPS) is 8.73. The first-order valence-electron chi connectivity index (χ1n) is 2.80. The van der Waals surface area contributed by atoms with E-state index in [9.17, 15) is 4.79 Å². The van der Waals surface area contributed by atoms with Gasteiger partial charge in [0.1, 0.15) is 11.8 Å². The molecule has 0 unspecified atom stereocenters. The molecule has 0 radical (unpaired) electrons. The van der Waals surface area contributed by atoms with Gasteiger partial charge in [-0.15, -0.1) is 0 Å². The predicted octanol–water partition coefficient (Wildman–Crippen LogP) is 1.44. The molecular weight excluding hydrogens is 164 g/mol. The van der Waals surface area contributed by atoms with E-state index in [0.29, 0.717) is 5.02 Å². The van der Waals surface area contributed by atoms with Crippen molar-refractivity contribution in [2.45, 2.75) is 0 Å². The van der Waals surface area contributed by atoms with Gasteiger partial charge in [-0.25, -0.2) is 0 Å². The van der Waals surface area contributed by atoms with Crippen LogP contribution in [0.2, 0.25) is 5.02 Å². The van der Waals surface area contributed by atoms with Crippen molar-refractivity contribution in [3.05, 3.63) is 29.0 Å². The van der Waals surface area contributed by atoms with E-state index < -0.39 is 5.78 Å². The molecule has 1 heterocycles. The Hall–Kier alpha value is -1.40. The number of hydrogen-bond donors (Lipinski definition) is 0. The van der Waals surface area contributed by atoms with Gasteiger partial charge in [0.2, 0.25) is 0 Å². The topological polar surface area (TPSA) is 53.8 Å². The maximum Gasteiger partial charge on any atom is 0.280 e. The summed E-state index contributed by atoms with van der Waals surface area (Å²) in [4.78, 5) is 14.3. The van der Waals surface area contributed by atoms with Gasteiger partial charge in [-0.1, -0.05) is 11.6 Å². The van der Waals surface area contributed by atoms with Crippen molar-refractivity contribution >= 4 is 17.4 Å². The molecule has 0 fully saturated rings. The Bertz CT molecular complexity index is 312. The van der Waals surface area contributed by atoms with E-state index in [1.165, 1.54) is 24.4 Å². The summed E-state index contributed by atoms with van der Waals surface area (Å²) in [6.45, 7) is 0. The summed E-state index contributed by atoms with van der Waals surface area (Å²) in [5, 5.41) is 8.63. The summed E-state index contributed by atoms with van der Waals surface area (Å²) in [6.07, 6.45) is 1.33. The quantitative estimate of drug-likeness (QED) is 0.469. The highest BCUT2D eigenvalue weighted by molar-refractivity contribution is 6.30. The molecule has 0 N–H and O–H groups in total. The van der Waals surface area contributed by atoms with Crippen molar-refractivity contribution in [2.75, 3.05) is 0 Å². The van der Waals surface area contributed by atoms with Crippen molar-refractivity contribution in [3.63, 3.8) is 0 Å². The lowest BCUT2D eigenvalue weighted by atomic mass is 10.3. The van der Waals surface area contributed by atoms with Crippen molar-refractivity contribution in [1.29, 1.82) is 5.26 Å². The van der Waals surface area contributed by atoms with Gasteiger partial charge in [-0.3, -0.25) is 9.78 Å². The van der Waals surface area contributed by atoms with Crippen molar-refractivity contribution < 1.29 is 4.79 Å². The Morgan fingerprint density at radius 2 is 2.36 bits per heavy atom. The molecule has 0 spiro atoms. The van der Waals surface area contributed by atoms with Crippen molar-refractivity contribution in [3.8, 4) is 6.07 Å². The zero-order valence-electron chi connectivity index (χ0n) is 5.41. The molecule has 0 aromatic carbocycles. The Morgan fingerprint density at radius 3 is 2.82 bits per heavy atom. The number of Topliss-reactive ketones (excluding diaryl/α,β-unsaturated/α-hetero) is 1. The molecule has 3 nitrogen and oxygen atoms in total. The first-order chi connectivity index (χ1) is 5.24. The fourth-order valence-corrected chi connectivity index (χ4v) is 0.679. The number of halogens is 1. The van der Waals surface area contributed by atoms with E-state index in [4.69, 9.17) is 16.9 Å². The predicted molar refractivity (Wildman–Crippen MR) is 39.2 cm³/mol. The minimum Gasteiger partial charge on any atom is -0.275 e. The van der Waals surface area contributed by atoms with Gasteiger partial charge in [-0.2, -0.15) is 5.26 Å². The minimum absolute atomic E-state index is 0.122. The van der Waals surface area contributed by atoms with Crippen LogP contribution in [0.5, 0.6) is 0 Å². The maximum absolute atomic E-state index is 10.7. The van der Waals surface area contributed by atoms with Crippen LogP contribution in [0.25, 0.3) is 0 Å². The van der Waals surface area contributed by atoms with Crippen LogP contribution in [0.3, 0.4) is 0 Å². The number of rotatable bonds is 1. The fraction of sp³-hybridized carbons (Fsp3) is 0. The number of carbonyl (C=O) groups excluding carboxylic acids is 1. The molecule has 11 heavy (non-hydrogen) atoms. The van der Waals surface area contributed by atoms with E-state index in [1.807, 2.05) is 0 Å².